The van der Waals surface area contributed by atoms with Crippen molar-refractivity contribution >= 4 is 23.5 Å². The zero-order valence-corrected chi connectivity index (χ0v) is 11.5. The molecule has 2 N–H and O–H groups in total. The van der Waals surface area contributed by atoms with Crippen molar-refractivity contribution in [3.8, 4) is 5.75 Å². The van der Waals surface area contributed by atoms with Gasteiger partial charge in [-0.2, -0.15) is 0 Å². The van der Waals surface area contributed by atoms with Crippen LogP contribution in [0.15, 0.2) is 18.2 Å². The number of nitrogens with one attached hydrogen (secondary N) is 1. The Morgan fingerprint density at radius 3 is 2.68 bits per heavy atom. The molecule has 0 heterocycles. The van der Waals surface area contributed by atoms with Crippen LogP contribution in [-0.4, -0.2) is 30.1 Å². The van der Waals surface area contributed by atoms with E-state index < -0.39 is 5.97 Å². The van der Waals surface area contributed by atoms with Crippen molar-refractivity contribution in [2.24, 2.45) is 5.92 Å². The number of carbonyl (C=O) groups is 2. The Kier molecular flexibility index (Phi) is 5.63. The molecular weight excluding hydrogens is 270 g/mol. The largest absolute Gasteiger partial charge is 0.483 e. The zero-order chi connectivity index (χ0) is 14.4. The number of rotatable bonds is 6. The second-order valence-corrected chi connectivity index (χ2v) is 4.81. The van der Waals surface area contributed by atoms with Crippen LogP contribution < -0.4 is 10.1 Å². The predicted molar refractivity (Wildman–Crippen MR) is 71.8 cm³/mol. The van der Waals surface area contributed by atoms with Crippen molar-refractivity contribution in [3.05, 3.63) is 28.8 Å². The van der Waals surface area contributed by atoms with Crippen LogP contribution in [0.2, 0.25) is 5.02 Å². The average Bonchev–Trinajstić information content (AvgIpc) is 2.33. The Morgan fingerprint density at radius 2 is 2.11 bits per heavy atom. The van der Waals surface area contributed by atoms with Crippen LogP contribution in [0.4, 0.5) is 0 Å². The molecule has 19 heavy (non-hydrogen) atoms. The molecule has 104 valence electrons. The Labute approximate surface area is 116 Å². The van der Waals surface area contributed by atoms with Crippen LogP contribution in [0.5, 0.6) is 5.75 Å². The molecule has 6 heteroatoms. The minimum Gasteiger partial charge on any atom is -0.483 e. The molecule has 0 aliphatic rings. The number of ether oxygens (including phenoxy) is 1. The highest BCUT2D eigenvalue weighted by molar-refractivity contribution is 6.33. The second kappa shape index (κ2) is 6.99. The molecule has 0 spiro atoms. The Bertz CT molecular complexity index is 474. The molecule has 0 aliphatic carbocycles. The fraction of sp³-hybridized carbons (Fsp3) is 0.385. The van der Waals surface area contributed by atoms with Gasteiger partial charge >= 0.3 is 5.97 Å². The van der Waals surface area contributed by atoms with E-state index in [-0.39, 0.29) is 28.8 Å². The fourth-order valence-electron chi connectivity index (χ4n) is 1.34. The lowest BCUT2D eigenvalue weighted by molar-refractivity contribution is -0.123. The van der Waals surface area contributed by atoms with Crippen molar-refractivity contribution in [2.45, 2.75) is 13.8 Å². The summed E-state index contributed by atoms with van der Waals surface area (Å²) in [5.74, 6) is -1.07. The SMILES string of the molecule is CC(C)CNC(=O)COc1cccc(Cl)c1C(=O)O. The van der Waals surface area contributed by atoms with Gasteiger partial charge in [-0.25, -0.2) is 4.79 Å². The number of benzene rings is 1. The molecular formula is C13H16ClNO4. The quantitative estimate of drug-likeness (QED) is 0.840. The van der Waals surface area contributed by atoms with Crippen LogP contribution in [0.3, 0.4) is 0 Å². The second-order valence-electron chi connectivity index (χ2n) is 4.40. The van der Waals surface area contributed by atoms with E-state index in [2.05, 4.69) is 5.32 Å². The summed E-state index contributed by atoms with van der Waals surface area (Å²) in [5, 5.41) is 11.8. The molecule has 1 rings (SSSR count). The first-order chi connectivity index (χ1) is 8.91. The lowest BCUT2D eigenvalue weighted by atomic mass is 10.2. The van der Waals surface area contributed by atoms with E-state index in [9.17, 15) is 9.59 Å². The molecule has 0 atom stereocenters. The highest BCUT2D eigenvalue weighted by Gasteiger charge is 2.16. The Morgan fingerprint density at radius 1 is 1.42 bits per heavy atom. The maximum Gasteiger partial charge on any atom is 0.341 e. The van der Waals surface area contributed by atoms with Crippen molar-refractivity contribution in [1.29, 1.82) is 0 Å². The number of hydrogen-bond acceptors (Lipinski definition) is 3. The molecule has 1 aromatic carbocycles. The molecule has 0 fully saturated rings. The summed E-state index contributed by atoms with van der Waals surface area (Å²) < 4.78 is 5.20. The highest BCUT2D eigenvalue weighted by Crippen LogP contribution is 2.26. The highest BCUT2D eigenvalue weighted by atomic mass is 35.5. The summed E-state index contributed by atoms with van der Waals surface area (Å²) >= 11 is 5.78. The van der Waals surface area contributed by atoms with E-state index in [1.807, 2.05) is 13.8 Å². The molecule has 1 amide bonds. The van der Waals surface area contributed by atoms with E-state index in [1.165, 1.54) is 12.1 Å². The maximum atomic E-state index is 11.5. The minimum absolute atomic E-state index is 0.0765. The van der Waals surface area contributed by atoms with Crippen LogP contribution in [0, 0.1) is 5.92 Å². The summed E-state index contributed by atoms with van der Waals surface area (Å²) in [6.45, 7) is 4.25. The molecule has 0 bridgehead atoms. The fourth-order valence-corrected chi connectivity index (χ4v) is 1.59. The normalized spacial score (nSPS) is 10.3. The van der Waals surface area contributed by atoms with Gasteiger partial charge in [0.05, 0.1) is 5.02 Å². The lowest BCUT2D eigenvalue weighted by Gasteiger charge is -2.11. The molecule has 0 saturated heterocycles. The predicted octanol–water partition coefficient (Wildman–Crippen LogP) is 2.19. The number of hydrogen-bond donors (Lipinski definition) is 2. The number of aromatic carboxylic acids is 1. The molecule has 0 unspecified atom stereocenters. The van der Waals surface area contributed by atoms with E-state index >= 15 is 0 Å². The number of carboxylic acids is 1. The molecule has 0 aliphatic heterocycles. The van der Waals surface area contributed by atoms with Crippen LogP contribution in [0.25, 0.3) is 0 Å². The van der Waals surface area contributed by atoms with Gasteiger partial charge in [-0.05, 0) is 18.1 Å². The van der Waals surface area contributed by atoms with Gasteiger partial charge < -0.3 is 15.2 Å². The van der Waals surface area contributed by atoms with Gasteiger partial charge in [0.25, 0.3) is 5.91 Å². The molecule has 1 aromatic rings. The summed E-state index contributed by atoms with van der Waals surface area (Å²) in [6, 6.07) is 4.48. The summed E-state index contributed by atoms with van der Waals surface area (Å²) in [7, 11) is 0. The smallest absolute Gasteiger partial charge is 0.341 e. The van der Waals surface area contributed by atoms with Crippen molar-refractivity contribution < 1.29 is 19.4 Å². The average molecular weight is 286 g/mol. The van der Waals surface area contributed by atoms with Gasteiger partial charge in [0.2, 0.25) is 0 Å². The molecule has 0 aromatic heterocycles. The van der Waals surface area contributed by atoms with Crippen LogP contribution >= 0.6 is 11.6 Å². The minimum atomic E-state index is -1.19. The van der Waals surface area contributed by atoms with E-state index in [4.69, 9.17) is 21.4 Å². The summed E-state index contributed by atoms with van der Waals surface area (Å²) in [5.41, 5.74) is -0.138. The molecule has 0 radical (unpaired) electrons. The Hall–Kier alpha value is -1.75. The number of carboxylic acid groups (broad SMARTS) is 1. The van der Waals surface area contributed by atoms with E-state index in [1.54, 1.807) is 6.07 Å². The van der Waals surface area contributed by atoms with Crippen molar-refractivity contribution in [1.82, 2.24) is 5.32 Å². The molecule has 0 saturated carbocycles. The first kappa shape index (κ1) is 15.3. The summed E-state index contributed by atoms with van der Waals surface area (Å²) in [6.07, 6.45) is 0. The van der Waals surface area contributed by atoms with Crippen molar-refractivity contribution in [3.63, 3.8) is 0 Å². The van der Waals surface area contributed by atoms with Gasteiger partial charge in [-0.3, -0.25) is 4.79 Å². The first-order valence-electron chi connectivity index (χ1n) is 5.83. The summed E-state index contributed by atoms with van der Waals surface area (Å²) in [4.78, 5) is 22.5. The third-order valence-electron chi connectivity index (χ3n) is 2.26. The number of halogens is 1. The number of amides is 1. The third-order valence-corrected chi connectivity index (χ3v) is 2.57. The lowest BCUT2D eigenvalue weighted by Crippen LogP contribution is -2.31. The standard InChI is InChI=1S/C13H16ClNO4/c1-8(2)6-15-11(16)7-19-10-5-3-4-9(14)12(10)13(17)18/h3-5,8H,6-7H2,1-2H3,(H,15,16)(H,17,18). The number of carbonyl (C=O) groups excluding carboxylic acids is 1. The van der Waals surface area contributed by atoms with Crippen molar-refractivity contribution in [2.75, 3.05) is 13.2 Å². The van der Waals surface area contributed by atoms with Gasteiger partial charge in [-0.15, -0.1) is 0 Å². The van der Waals surface area contributed by atoms with E-state index in [0.29, 0.717) is 12.5 Å². The first-order valence-corrected chi connectivity index (χ1v) is 6.21. The molecule has 5 nitrogen and oxygen atoms in total. The topological polar surface area (TPSA) is 75.6 Å². The monoisotopic (exact) mass is 285 g/mol. The Balaban J connectivity index is 2.65. The van der Waals surface area contributed by atoms with Gasteiger partial charge in [0, 0.05) is 6.54 Å². The van der Waals surface area contributed by atoms with Gasteiger partial charge in [0.1, 0.15) is 11.3 Å². The van der Waals surface area contributed by atoms with Gasteiger partial charge in [0.15, 0.2) is 6.61 Å². The van der Waals surface area contributed by atoms with Gasteiger partial charge in [-0.1, -0.05) is 31.5 Å². The van der Waals surface area contributed by atoms with Crippen LogP contribution in [-0.2, 0) is 4.79 Å². The van der Waals surface area contributed by atoms with Crippen LogP contribution in [0.1, 0.15) is 24.2 Å². The van der Waals surface area contributed by atoms with E-state index in [0.717, 1.165) is 0 Å². The third kappa shape index (κ3) is 4.79. The zero-order valence-electron chi connectivity index (χ0n) is 10.8. The maximum absolute atomic E-state index is 11.5.